The van der Waals surface area contributed by atoms with E-state index in [0.717, 1.165) is 107 Å². The van der Waals surface area contributed by atoms with Gasteiger partial charge in [-0.25, -0.2) is 18.3 Å². The SMILES string of the molecule is CC1(C)CCC(CNCCNc2ccc(C(=O)NS(=O)(=O)c3ccc(NC4CCC(N5CCOCC5)CC4)c([N+](C)([O-])O)c3)c(Oc3ccc4[nH]ccc4c3)c2)=C(c2ccc(Cl)cc2)C1. The van der Waals surface area contributed by atoms with Crippen molar-refractivity contribution in [2.75, 3.05) is 63.6 Å². The summed E-state index contributed by atoms with van der Waals surface area (Å²) in [6.45, 7) is 9.91. The number of amides is 1. The maximum atomic E-state index is 14.0. The minimum atomic E-state index is -4.54. The Kier molecular flexibility index (Phi) is 14.2. The molecule has 5 aromatic rings. The molecule has 0 spiro atoms. The Morgan fingerprint density at radius 3 is 2.51 bits per heavy atom. The highest BCUT2D eigenvalue weighted by Crippen LogP contribution is 2.43. The van der Waals surface area contributed by atoms with Crippen LogP contribution < -0.4 is 30.2 Å². The Labute approximate surface area is 386 Å². The molecule has 1 unspecified atom stereocenters. The summed E-state index contributed by atoms with van der Waals surface area (Å²) in [5.74, 6) is -0.345. The number of rotatable bonds is 16. The van der Waals surface area contributed by atoms with Crippen LogP contribution in [0, 0.1) is 10.6 Å². The van der Waals surface area contributed by atoms with E-state index < -0.39 is 20.7 Å². The molecule has 16 heteroatoms. The number of carbonyl (C=O) groups is 1. The van der Waals surface area contributed by atoms with Gasteiger partial charge in [-0.15, -0.1) is 0 Å². The Hall–Kier alpha value is -4.97. The minimum absolute atomic E-state index is 0.0221. The highest BCUT2D eigenvalue weighted by molar-refractivity contribution is 7.90. The fourth-order valence-corrected chi connectivity index (χ4v) is 10.4. The van der Waals surface area contributed by atoms with E-state index in [4.69, 9.17) is 21.1 Å². The molecule has 346 valence electrons. The molecule has 1 atom stereocenters. The van der Waals surface area contributed by atoms with Gasteiger partial charge in [0.15, 0.2) is 5.69 Å². The van der Waals surface area contributed by atoms with E-state index in [0.29, 0.717) is 36.3 Å². The van der Waals surface area contributed by atoms with E-state index in [1.807, 2.05) is 36.5 Å². The van der Waals surface area contributed by atoms with Gasteiger partial charge in [-0.3, -0.25) is 9.69 Å². The number of H-pyrrole nitrogens is 1. The van der Waals surface area contributed by atoms with Crippen LogP contribution in [0.2, 0.25) is 5.02 Å². The van der Waals surface area contributed by atoms with Crippen LogP contribution in [-0.2, 0) is 14.8 Å². The fraction of sp³-hybridized carbons (Fsp3) is 0.408. The number of carbonyl (C=O) groups excluding carboxylic acids is 1. The Bertz CT molecular complexity index is 2610. The van der Waals surface area contributed by atoms with E-state index >= 15 is 0 Å². The second kappa shape index (κ2) is 19.9. The Morgan fingerprint density at radius 2 is 1.75 bits per heavy atom. The van der Waals surface area contributed by atoms with Gasteiger partial charge >= 0.3 is 0 Å². The van der Waals surface area contributed by atoms with Crippen LogP contribution in [0.3, 0.4) is 0 Å². The molecule has 14 nitrogen and oxygen atoms in total. The maximum absolute atomic E-state index is 14.0. The Morgan fingerprint density at radius 1 is 0.985 bits per heavy atom. The molecule has 8 rings (SSSR count). The van der Waals surface area contributed by atoms with E-state index in [-0.39, 0.29) is 33.4 Å². The third-order valence-corrected chi connectivity index (χ3v) is 14.5. The van der Waals surface area contributed by atoms with E-state index in [1.165, 1.54) is 34.9 Å². The van der Waals surface area contributed by atoms with Crippen LogP contribution in [0.4, 0.5) is 17.1 Å². The molecule has 1 aliphatic heterocycles. The normalized spacial score (nSPS) is 20.3. The van der Waals surface area contributed by atoms with E-state index in [2.05, 4.69) is 56.5 Å². The first kappa shape index (κ1) is 46.6. The zero-order valence-corrected chi connectivity index (χ0v) is 38.9. The van der Waals surface area contributed by atoms with Gasteiger partial charge in [-0.2, -0.15) is 4.81 Å². The second-order valence-electron chi connectivity index (χ2n) is 18.4. The first-order valence-corrected chi connectivity index (χ1v) is 24.4. The van der Waals surface area contributed by atoms with Gasteiger partial charge in [0.25, 0.3) is 15.9 Å². The Balaban J connectivity index is 0.953. The molecule has 1 saturated carbocycles. The number of allylic oxidation sites excluding steroid dienone is 1. The first-order valence-electron chi connectivity index (χ1n) is 22.5. The number of benzene rings is 4. The number of hydrogen-bond donors (Lipinski definition) is 6. The van der Waals surface area contributed by atoms with Gasteiger partial charge < -0.3 is 35.6 Å². The van der Waals surface area contributed by atoms with Crippen molar-refractivity contribution >= 4 is 61.1 Å². The van der Waals surface area contributed by atoms with Crippen molar-refractivity contribution in [2.45, 2.75) is 75.8 Å². The molecule has 4 aromatic carbocycles. The van der Waals surface area contributed by atoms with Crippen LogP contribution in [0.25, 0.3) is 16.5 Å². The fourth-order valence-electron chi connectivity index (χ4n) is 9.27. The molecule has 6 N–H and O–H groups in total. The number of ether oxygens (including phenoxy) is 2. The molecular formula is C49H60ClN7O7S. The van der Waals surface area contributed by atoms with Crippen LogP contribution in [0.15, 0.2) is 102 Å². The van der Waals surface area contributed by atoms with Crippen molar-refractivity contribution < 1.29 is 27.9 Å². The lowest BCUT2D eigenvalue weighted by atomic mass is 9.72. The average Bonchev–Trinajstić information content (AvgIpc) is 3.75. The van der Waals surface area contributed by atoms with Crippen LogP contribution in [-0.4, -0.2) is 94.5 Å². The third-order valence-electron chi connectivity index (χ3n) is 12.9. The quantitative estimate of drug-likeness (QED) is 0.0316. The van der Waals surface area contributed by atoms with Gasteiger partial charge in [-0.1, -0.05) is 43.2 Å². The van der Waals surface area contributed by atoms with Crippen molar-refractivity contribution in [1.82, 2.24) is 24.7 Å². The number of nitrogens with zero attached hydrogens (tertiary/aromatic N) is 2. The molecule has 0 radical (unpaired) electrons. The number of nitrogens with one attached hydrogen (secondary N) is 5. The molecule has 3 aliphatic rings. The number of aromatic amines is 1. The number of fused-ring (bicyclic) bond motifs is 1. The van der Waals surface area contributed by atoms with Crippen molar-refractivity contribution in [2.24, 2.45) is 5.41 Å². The molecular weight excluding hydrogens is 866 g/mol. The number of quaternary nitrogens is 1. The number of aromatic nitrogens is 1. The number of morpholine rings is 1. The summed E-state index contributed by atoms with van der Waals surface area (Å²) >= 11 is 6.20. The van der Waals surface area contributed by atoms with Gasteiger partial charge in [0.05, 0.1) is 29.4 Å². The van der Waals surface area contributed by atoms with Gasteiger partial charge in [-0.05, 0) is 122 Å². The first-order chi connectivity index (χ1) is 31.1. The predicted molar refractivity (Wildman–Crippen MR) is 258 cm³/mol. The zero-order chi connectivity index (χ0) is 45.8. The maximum Gasteiger partial charge on any atom is 0.268 e. The monoisotopic (exact) mass is 925 g/mol. The lowest BCUT2D eigenvalue weighted by Gasteiger charge is -2.39. The number of hydroxylamine groups is 2. The summed E-state index contributed by atoms with van der Waals surface area (Å²) in [6.07, 6.45) is 8.59. The largest absolute Gasteiger partial charge is 0.593 e. The second-order valence-corrected chi connectivity index (χ2v) is 20.5. The molecule has 2 heterocycles. The molecule has 2 aliphatic carbocycles. The third kappa shape index (κ3) is 11.7. The summed E-state index contributed by atoms with van der Waals surface area (Å²) in [5.41, 5.74) is 5.88. The topological polar surface area (TPSA) is 180 Å². The van der Waals surface area contributed by atoms with Crippen LogP contribution in [0.5, 0.6) is 11.5 Å². The zero-order valence-electron chi connectivity index (χ0n) is 37.3. The summed E-state index contributed by atoms with van der Waals surface area (Å²) in [7, 11) is -3.53. The molecule has 65 heavy (non-hydrogen) atoms. The highest BCUT2D eigenvalue weighted by atomic mass is 35.5. The van der Waals surface area contributed by atoms with Crippen molar-refractivity contribution in [3.05, 3.63) is 118 Å². The lowest BCUT2D eigenvalue weighted by molar-refractivity contribution is -0.00409. The number of sulfonamides is 1. The summed E-state index contributed by atoms with van der Waals surface area (Å²) in [4.78, 5) is 17.4. The molecule has 1 saturated heterocycles. The van der Waals surface area contributed by atoms with Crippen molar-refractivity contribution in [3.63, 3.8) is 0 Å². The number of halogens is 1. The number of hydrogen-bond acceptors (Lipinski definition) is 11. The molecule has 1 aromatic heterocycles. The summed E-state index contributed by atoms with van der Waals surface area (Å²) in [5, 5.41) is 35.7. The van der Waals surface area contributed by atoms with Gasteiger partial charge in [0.1, 0.15) is 18.5 Å². The standard InChI is InChI=1S/C49H60ClN7O7S/c1-49(2)20-18-35(43(31-49)33-4-6-36(50)7-5-33)32-51-22-23-52-38-10-15-42(47(29-38)64-40-13-16-44-34(28-40)19-21-53-44)48(58)55-65(61,62)41-14-17-45(46(30-41)57(3,59)60)54-37-8-11-39(12-9-37)56-24-26-63-27-25-56/h4-7,10,13-17,19,21,28-30,37,39,51-54,59H,8-9,11-12,18,20,22-27,31-32H2,1-3H3,(H,55,58). The van der Waals surface area contributed by atoms with Crippen molar-refractivity contribution in [3.8, 4) is 11.5 Å². The van der Waals surface area contributed by atoms with Crippen LogP contribution in [0.1, 0.15) is 74.7 Å². The van der Waals surface area contributed by atoms with Gasteiger partial charge in [0, 0.05) is 84.7 Å². The molecule has 1 amide bonds. The molecule has 0 bridgehead atoms. The van der Waals surface area contributed by atoms with Crippen LogP contribution >= 0.6 is 11.6 Å². The van der Waals surface area contributed by atoms with Gasteiger partial charge in [0.2, 0.25) is 0 Å². The molecule has 2 fully saturated rings. The lowest BCUT2D eigenvalue weighted by Crippen LogP contribution is -2.46. The summed E-state index contributed by atoms with van der Waals surface area (Å²) < 4.78 is 41.7. The highest BCUT2D eigenvalue weighted by Gasteiger charge is 2.31. The van der Waals surface area contributed by atoms with E-state index in [1.54, 1.807) is 18.2 Å². The average molecular weight is 927 g/mol. The number of anilines is 2. The van der Waals surface area contributed by atoms with E-state index in [9.17, 15) is 23.6 Å². The smallest absolute Gasteiger partial charge is 0.268 e. The predicted octanol–water partition coefficient (Wildman–Crippen LogP) is 9.28. The minimum Gasteiger partial charge on any atom is -0.593 e. The van der Waals surface area contributed by atoms with Crippen molar-refractivity contribution in [1.29, 1.82) is 0 Å². The summed E-state index contributed by atoms with van der Waals surface area (Å²) in [6, 6.07) is 24.7.